The number of hydrogen-bond donors (Lipinski definition) is 1. The van der Waals surface area contributed by atoms with Crippen LogP contribution in [0.3, 0.4) is 0 Å². The molecule has 0 aliphatic carbocycles. The van der Waals surface area contributed by atoms with Crippen LogP contribution in [-0.4, -0.2) is 19.7 Å². The van der Waals surface area contributed by atoms with Gasteiger partial charge >= 0.3 is 0 Å². The Balaban J connectivity index is 2.34. The van der Waals surface area contributed by atoms with E-state index in [9.17, 15) is 0 Å². The molecular formula is C12H18N2O. The summed E-state index contributed by atoms with van der Waals surface area (Å²) in [7, 11) is 1.69. The van der Waals surface area contributed by atoms with E-state index < -0.39 is 0 Å². The van der Waals surface area contributed by atoms with Gasteiger partial charge in [-0.15, -0.1) is 0 Å². The highest BCUT2D eigenvalue weighted by Crippen LogP contribution is 2.34. The molecule has 0 radical (unpaired) electrons. The molecule has 1 heterocycles. The average Bonchev–Trinajstić information content (AvgIpc) is 2.64. The number of nitrogens with zero attached hydrogens (tertiary/aromatic N) is 1. The lowest BCUT2D eigenvalue weighted by Gasteiger charge is -2.25. The van der Waals surface area contributed by atoms with Gasteiger partial charge in [-0.2, -0.15) is 0 Å². The molecule has 3 heteroatoms. The number of benzene rings is 1. The molecule has 3 nitrogen and oxygen atoms in total. The van der Waals surface area contributed by atoms with Gasteiger partial charge in [0.25, 0.3) is 0 Å². The Morgan fingerprint density at radius 3 is 2.87 bits per heavy atom. The molecule has 0 amide bonds. The summed E-state index contributed by atoms with van der Waals surface area (Å²) in [4.78, 5) is 2.39. The molecule has 1 aliphatic rings. The maximum atomic E-state index is 5.74. The molecule has 1 atom stereocenters. The molecule has 1 aliphatic heterocycles. The lowest BCUT2D eigenvalue weighted by molar-refractivity contribution is 0.414. The van der Waals surface area contributed by atoms with Gasteiger partial charge in [0.2, 0.25) is 0 Å². The van der Waals surface area contributed by atoms with E-state index in [1.165, 1.54) is 12.8 Å². The maximum Gasteiger partial charge on any atom is 0.144 e. The summed E-state index contributed by atoms with van der Waals surface area (Å²) in [5.74, 6) is 0.878. The normalized spacial score (nSPS) is 20.7. The monoisotopic (exact) mass is 206 g/mol. The third-order valence-corrected chi connectivity index (χ3v) is 3.07. The zero-order valence-corrected chi connectivity index (χ0v) is 9.36. The highest BCUT2D eigenvalue weighted by atomic mass is 16.5. The Kier molecular flexibility index (Phi) is 2.71. The van der Waals surface area contributed by atoms with Crippen LogP contribution in [0.15, 0.2) is 18.2 Å². The highest BCUT2D eigenvalue weighted by Gasteiger charge is 2.22. The van der Waals surface area contributed by atoms with Crippen molar-refractivity contribution in [2.75, 3.05) is 24.3 Å². The summed E-state index contributed by atoms with van der Waals surface area (Å²) < 4.78 is 5.37. The molecule has 1 fully saturated rings. The Bertz CT molecular complexity index is 351. The van der Waals surface area contributed by atoms with Crippen LogP contribution >= 0.6 is 0 Å². The molecule has 1 aromatic rings. The predicted molar refractivity (Wildman–Crippen MR) is 63.4 cm³/mol. The van der Waals surface area contributed by atoms with E-state index in [4.69, 9.17) is 10.5 Å². The Labute approximate surface area is 90.8 Å². The number of rotatable bonds is 2. The molecular weight excluding hydrogens is 188 g/mol. The molecule has 0 saturated carbocycles. The van der Waals surface area contributed by atoms with Gasteiger partial charge in [-0.1, -0.05) is 0 Å². The maximum absolute atomic E-state index is 5.74. The first kappa shape index (κ1) is 10.1. The fraction of sp³-hybridized carbons (Fsp3) is 0.500. The van der Waals surface area contributed by atoms with Crippen molar-refractivity contribution in [1.82, 2.24) is 0 Å². The van der Waals surface area contributed by atoms with E-state index in [1.807, 2.05) is 12.1 Å². The zero-order valence-electron chi connectivity index (χ0n) is 9.36. The van der Waals surface area contributed by atoms with Gasteiger partial charge in [0.15, 0.2) is 0 Å². The Morgan fingerprint density at radius 1 is 1.47 bits per heavy atom. The van der Waals surface area contributed by atoms with Gasteiger partial charge < -0.3 is 15.4 Å². The minimum absolute atomic E-state index is 0.600. The first-order valence-corrected chi connectivity index (χ1v) is 5.42. The van der Waals surface area contributed by atoms with Crippen molar-refractivity contribution in [3.63, 3.8) is 0 Å². The minimum atomic E-state index is 0.600. The van der Waals surface area contributed by atoms with Crippen LogP contribution in [0, 0.1) is 0 Å². The van der Waals surface area contributed by atoms with Gasteiger partial charge in [-0.05, 0) is 31.9 Å². The van der Waals surface area contributed by atoms with Crippen LogP contribution in [0.4, 0.5) is 11.4 Å². The van der Waals surface area contributed by atoms with E-state index in [0.29, 0.717) is 6.04 Å². The molecule has 1 unspecified atom stereocenters. The third-order valence-electron chi connectivity index (χ3n) is 3.07. The number of nitrogens with two attached hydrogens (primary N) is 1. The molecule has 0 bridgehead atoms. The van der Waals surface area contributed by atoms with Crippen molar-refractivity contribution < 1.29 is 4.74 Å². The topological polar surface area (TPSA) is 38.5 Å². The number of ether oxygens (including phenoxy) is 1. The second-order valence-electron chi connectivity index (χ2n) is 4.12. The predicted octanol–water partition coefficient (Wildman–Crippen LogP) is 2.27. The van der Waals surface area contributed by atoms with Crippen molar-refractivity contribution >= 4 is 11.4 Å². The fourth-order valence-electron chi connectivity index (χ4n) is 2.22. The van der Waals surface area contributed by atoms with Gasteiger partial charge in [-0.3, -0.25) is 0 Å². The summed E-state index contributed by atoms with van der Waals surface area (Å²) in [5, 5.41) is 0. The number of nitrogen functional groups attached to an aromatic ring is 1. The van der Waals surface area contributed by atoms with Crippen molar-refractivity contribution in [3.8, 4) is 5.75 Å². The first-order chi connectivity index (χ1) is 7.22. The van der Waals surface area contributed by atoms with Gasteiger partial charge in [-0.25, -0.2) is 0 Å². The number of anilines is 2. The smallest absolute Gasteiger partial charge is 0.144 e. The number of methoxy groups -OCH3 is 1. The lowest BCUT2D eigenvalue weighted by Crippen LogP contribution is -2.26. The van der Waals surface area contributed by atoms with Crippen molar-refractivity contribution in [3.05, 3.63) is 18.2 Å². The summed E-state index contributed by atoms with van der Waals surface area (Å²) in [6, 6.07) is 6.47. The van der Waals surface area contributed by atoms with Gasteiger partial charge in [0.05, 0.1) is 12.8 Å². The quantitative estimate of drug-likeness (QED) is 0.754. The van der Waals surface area contributed by atoms with E-state index >= 15 is 0 Å². The molecule has 82 valence electrons. The summed E-state index contributed by atoms with van der Waals surface area (Å²) in [6.45, 7) is 3.37. The van der Waals surface area contributed by atoms with E-state index in [2.05, 4.69) is 17.9 Å². The van der Waals surface area contributed by atoms with Crippen LogP contribution in [0.5, 0.6) is 5.75 Å². The SMILES string of the molecule is COc1cc(N)ccc1N1CCCC1C. The molecule has 2 rings (SSSR count). The number of hydrogen-bond acceptors (Lipinski definition) is 3. The second kappa shape index (κ2) is 4.01. The summed E-state index contributed by atoms with van der Waals surface area (Å²) in [5.41, 5.74) is 7.65. The standard InChI is InChI=1S/C12H18N2O/c1-9-4-3-7-14(9)11-6-5-10(13)8-12(11)15-2/h5-6,8-9H,3-4,7,13H2,1-2H3. The lowest BCUT2D eigenvalue weighted by atomic mass is 10.2. The molecule has 15 heavy (non-hydrogen) atoms. The molecule has 1 saturated heterocycles. The van der Waals surface area contributed by atoms with E-state index in [-0.39, 0.29) is 0 Å². The first-order valence-electron chi connectivity index (χ1n) is 5.42. The molecule has 1 aromatic carbocycles. The largest absolute Gasteiger partial charge is 0.495 e. The van der Waals surface area contributed by atoms with Gasteiger partial charge in [0.1, 0.15) is 5.75 Å². The van der Waals surface area contributed by atoms with Crippen molar-refractivity contribution in [1.29, 1.82) is 0 Å². The second-order valence-corrected chi connectivity index (χ2v) is 4.12. The van der Waals surface area contributed by atoms with E-state index in [0.717, 1.165) is 23.7 Å². The minimum Gasteiger partial charge on any atom is -0.495 e. The molecule has 0 aromatic heterocycles. The van der Waals surface area contributed by atoms with Crippen molar-refractivity contribution in [2.45, 2.75) is 25.8 Å². The van der Waals surface area contributed by atoms with Crippen LogP contribution in [0.1, 0.15) is 19.8 Å². The van der Waals surface area contributed by atoms with Crippen LogP contribution in [0.2, 0.25) is 0 Å². The van der Waals surface area contributed by atoms with Crippen LogP contribution in [0.25, 0.3) is 0 Å². The molecule has 0 spiro atoms. The van der Waals surface area contributed by atoms with Gasteiger partial charge in [0, 0.05) is 24.3 Å². The van der Waals surface area contributed by atoms with Crippen molar-refractivity contribution in [2.24, 2.45) is 0 Å². The third kappa shape index (κ3) is 1.87. The van der Waals surface area contributed by atoms with Crippen LogP contribution < -0.4 is 15.4 Å². The summed E-state index contributed by atoms with van der Waals surface area (Å²) in [6.07, 6.45) is 2.52. The van der Waals surface area contributed by atoms with Crippen LogP contribution in [-0.2, 0) is 0 Å². The summed E-state index contributed by atoms with van der Waals surface area (Å²) >= 11 is 0. The Hall–Kier alpha value is -1.38. The Morgan fingerprint density at radius 2 is 2.27 bits per heavy atom. The fourth-order valence-corrected chi connectivity index (χ4v) is 2.22. The molecule has 2 N–H and O–H groups in total. The highest BCUT2D eigenvalue weighted by molar-refractivity contribution is 5.64. The average molecular weight is 206 g/mol. The van der Waals surface area contributed by atoms with E-state index in [1.54, 1.807) is 7.11 Å². The zero-order chi connectivity index (χ0) is 10.8.